The molecule has 0 bridgehead atoms. The zero-order valence-electron chi connectivity index (χ0n) is 19.7. The van der Waals surface area contributed by atoms with E-state index in [1.54, 1.807) is 6.07 Å². The van der Waals surface area contributed by atoms with Crippen molar-refractivity contribution in [2.45, 2.75) is 44.9 Å². The first-order valence-corrected chi connectivity index (χ1v) is 11.6. The molecule has 35 heavy (non-hydrogen) atoms. The number of alkyl halides is 3. The van der Waals surface area contributed by atoms with Gasteiger partial charge in [0.1, 0.15) is 5.82 Å². The number of pyridine rings is 1. The topological polar surface area (TPSA) is 80.2 Å². The molecule has 1 aromatic carbocycles. The Morgan fingerprint density at radius 1 is 1.11 bits per heavy atom. The number of carbonyl (C=O) groups is 1. The minimum atomic E-state index is -4.60. The predicted molar refractivity (Wildman–Crippen MR) is 126 cm³/mol. The summed E-state index contributed by atoms with van der Waals surface area (Å²) in [7, 11) is 0. The number of carbonyl (C=O) groups excluding carboxylic acids is 1. The Labute approximate surface area is 201 Å². The second-order valence-electron chi connectivity index (χ2n) is 8.83. The van der Waals surface area contributed by atoms with Gasteiger partial charge in [-0.25, -0.2) is 15.0 Å². The van der Waals surface area contributed by atoms with Crippen molar-refractivity contribution >= 4 is 22.5 Å². The van der Waals surface area contributed by atoms with Crippen LogP contribution in [-0.2, 0) is 10.9 Å². The van der Waals surface area contributed by atoms with Crippen molar-refractivity contribution < 1.29 is 22.7 Å². The van der Waals surface area contributed by atoms with Gasteiger partial charge in [-0.3, -0.25) is 9.69 Å². The second-order valence-corrected chi connectivity index (χ2v) is 8.83. The molecule has 0 saturated carbocycles. The SMILES string of the molecule is CC(C)Nc1ccc2c(C(=O)CCC(c3cnc(C(F)(F)F)nc3)N3CCOCC3)cccc2n1. The average Bonchev–Trinajstić information content (AvgIpc) is 2.83. The summed E-state index contributed by atoms with van der Waals surface area (Å²) in [4.78, 5) is 27.0. The molecule has 0 amide bonds. The van der Waals surface area contributed by atoms with E-state index in [4.69, 9.17) is 4.74 Å². The van der Waals surface area contributed by atoms with Crippen LogP contribution in [0.5, 0.6) is 0 Å². The third kappa shape index (κ3) is 6.12. The lowest BCUT2D eigenvalue weighted by atomic mass is 9.96. The summed E-state index contributed by atoms with van der Waals surface area (Å²) in [6.07, 6.45) is -1.54. The summed E-state index contributed by atoms with van der Waals surface area (Å²) in [5.41, 5.74) is 1.86. The zero-order valence-corrected chi connectivity index (χ0v) is 19.7. The Morgan fingerprint density at radius 3 is 2.49 bits per heavy atom. The molecule has 3 aromatic rings. The van der Waals surface area contributed by atoms with Crippen molar-refractivity contribution in [1.29, 1.82) is 0 Å². The smallest absolute Gasteiger partial charge is 0.379 e. The van der Waals surface area contributed by atoms with Crippen LogP contribution in [-0.4, -0.2) is 58.0 Å². The number of hydrogen-bond donors (Lipinski definition) is 1. The summed E-state index contributed by atoms with van der Waals surface area (Å²) in [6, 6.07) is 9.15. The molecule has 2 aromatic heterocycles. The number of aromatic nitrogens is 3. The van der Waals surface area contributed by atoms with Crippen LogP contribution >= 0.6 is 0 Å². The molecule has 1 N–H and O–H groups in total. The number of Topliss-reactive ketones (excluding diaryl/α,β-unsaturated/α-hetero) is 1. The van der Waals surface area contributed by atoms with Gasteiger partial charge in [0.25, 0.3) is 0 Å². The molecular weight excluding hydrogens is 459 g/mol. The molecule has 3 heterocycles. The average molecular weight is 488 g/mol. The number of ketones is 1. The minimum Gasteiger partial charge on any atom is -0.379 e. The van der Waals surface area contributed by atoms with E-state index in [0.29, 0.717) is 43.9 Å². The molecule has 7 nitrogen and oxygen atoms in total. The lowest BCUT2D eigenvalue weighted by molar-refractivity contribution is -0.145. The number of benzene rings is 1. The van der Waals surface area contributed by atoms with Gasteiger partial charge in [-0.1, -0.05) is 12.1 Å². The molecule has 186 valence electrons. The second kappa shape index (κ2) is 10.7. The van der Waals surface area contributed by atoms with Gasteiger partial charge in [-0.2, -0.15) is 13.2 Å². The van der Waals surface area contributed by atoms with Gasteiger partial charge in [0, 0.05) is 60.5 Å². The van der Waals surface area contributed by atoms with Crippen LogP contribution in [0.1, 0.15) is 54.5 Å². The number of morpholine rings is 1. The largest absolute Gasteiger partial charge is 0.451 e. The highest BCUT2D eigenvalue weighted by molar-refractivity contribution is 6.07. The third-order valence-corrected chi connectivity index (χ3v) is 5.91. The number of fused-ring (bicyclic) bond motifs is 1. The van der Waals surface area contributed by atoms with E-state index < -0.39 is 12.0 Å². The molecule has 1 aliphatic heterocycles. The molecule has 1 fully saturated rings. The first-order valence-electron chi connectivity index (χ1n) is 11.6. The molecule has 0 spiro atoms. The molecule has 1 atom stereocenters. The zero-order chi connectivity index (χ0) is 25.0. The maximum atomic E-state index is 13.3. The van der Waals surface area contributed by atoms with Gasteiger partial charge in [0.05, 0.1) is 18.7 Å². The third-order valence-electron chi connectivity index (χ3n) is 5.91. The molecule has 1 saturated heterocycles. The van der Waals surface area contributed by atoms with Gasteiger partial charge < -0.3 is 10.1 Å². The summed E-state index contributed by atoms with van der Waals surface area (Å²) in [6.45, 7) is 6.32. The van der Waals surface area contributed by atoms with E-state index in [1.165, 1.54) is 12.4 Å². The Morgan fingerprint density at radius 2 is 1.83 bits per heavy atom. The fourth-order valence-corrected chi connectivity index (χ4v) is 4.28. The lowest BCUT2D eigenvalue weighted by Gasteiger charge is -2.34. The van der Waals surface area contributed by atoms with Gasteiger partial charge in [-0.15, -0.1) is 0 Å². The fraction of sp³-hybridized carbons (Fsp3) is 0.440. The van der Waals surface area contributed by atoms with E-state index in [-0.39, 0.29) is 24.3 Å². The van der Waals surface area contributed by atoms with Crippen LogP contribution in [0.3, 0.4) is 0 Å². The quantitative estimate of drug-likeness (QED) is 0.453. The van der Waals surface area contributed by atoms with Crippen LogP contribution in [0, 0.1) is 0 Å². The van der Waals surface area contributed by atoms with Gasteiger partial charge in [0.15, 0.2) is 5.78 Å². The van der Waals surface area contributed by atoms with Crippen LogP contribution in [0.25, 0.3) is 10.9 Å². The predicted octanol–water partition coefficient (Wildman–Crippen LogP) is 4.90. The van der Waals surface area contributed by atoms with Crippen molar-refractivity contribution in [3.05, 3.63) is 59.7 Å². The standard InChI is InChI=1S/C25H28F3N5O2/c1-16(2)31-23-9-6-18-19(4-3-5-20(18)32-23)22(34)8-7-21(33-10-12-35-13-11-33)17-14-29-24(30-15-17)25(26,27)28/h3-6,9,14-16,21H,7-8,10-13H2,1-2H3,(H,31,32). The highest BCUT2D eigenvalue weighted by Gasteiger charge is 2.35. The van der Waals surface area contributed by atoms with Crippen molar-refractivity contribution in [3.8, 4) is 0 Å². The van der Waals surface area contributed by atoms with Gasteiger partial charge in [0.2, 0.25) is 5.82 Å². The monoisotopic (exact) mass is 487 g/mol. The van der Waals surface area contributed by atoms with E-state index in [1.807, 2.05) is 38.1 Å². The molecule has 1 aliphatic rings. The fourth-order valence-electron chi connectivity index (χ4n) is 4.28. The molecule has 0 radical (unpaired) electrons. The summed E-state index contributed by atoms with van der Waals surface area (Å²) in [5, 5.41) is 4.03. The van der Waals surface area contributed by atoms with Crippen molar-refractivity contribution in [2.75, 3.05) is 31.6 Å². The van der Waals surface area contributed by atoms with Crippen molar-refractivity contribution in [2.24, 2.45) is 0 Å². The minimum absolute atomic E-state index is 0.0481. The Hall–Kier alpha value is -3.11. The Balaban J connectivity index is 1.54. The molecule has 1 unspecified atom stereocenters. The number of anilines is 1. The Bertz CT molecular complexity index is 1160. The van der Waals surface area contributed by atoms with Gasteiger partial charge >= 0.3 is 6.18 Å². The first-order chi connectivity index (χ1) is 16.7. The van der Waals surface area contributed by atoms with E-state index in [0.717, 1.165) is 16.7 Å². The number of ether oxygens (including phenoxy) is 1. The summed E-state index contributed by atoms with van der Waals surface area (Å²) in [5.74, 6) is -0.479. The van der Waals surface area contributed by atoms with E-state index in [9.17, 15) is 18.0 Å². The summed E-state index contributed by atoms with van der Waals surface area (Å²) < 4.78 is 44.2. The number of halogens is 3. The normalized spacial score (nSPS) is 15.9. The van der Waals surface area contributed by atoms with Crippen LogP contribution in [0.15, 0.2) is 42.7 Å². The maximum Gasteiger partial charge on any atom is 0.451 e. The highest BCUT2D eigenvalue weighted by atomic mass is 19.4. The number of nitrogens with one attached hydrogen (secondary N) is 1. The highest BCUT2D eigenvalue weighted by Crippen LogP contribution is 2.30. The van der Waals surface area contributed by atoms with E-state index >= 15 is 0 Å². The molecule has 10 heteroatoms. The number of nitrogens with zero attached hydrogens (tertiary/aromatic N) is 4. The molecule has 0 aliphatic carbocycles. The maximum absolute atomic E-state index is 13.3. The van der Waals surface area contributed by atoms with Crippen molar-refractivity contribution in [3.63, 3.8) is 0 Å². The van der Waals surface area contributed by atoms with Crippen LogP contribution in [0.2, 0.25) is 0 Å². The van der Waals surface area contributed by atoms with Crippen LogP contribution in [0.4, 0.5) is 19.0 Å². The van der Waals surface area contributed by atoms with Gasteiger partial charge in [-0.05, 0) is 38.5 Å². The van der Waals surface area contributed by atoms with Crippen molar-refractivity contribution in [1.82, 2.24) is 19.9 Å². The molecule has 4 rings (SSSR count). The van der Waals surface area contributed by atoms with Crippen LogP contribution < -0.4 is 5.32 Å². The molecular formula is C25H28F3N5O2. The van der Waals surface area contributed by atoms with E-state index in [2.05, 4.69) is 25.2 Å². The number of hydrogen-bond acceptors (Lipinski definition) is 7. The Kier molecular flexibility index (Phi) is 7.61. The first kappa shape index (κ1) is 25.0. The number of rotatable bonds is 8. The summed E-state index contributed by atoms with van der Waals surface area (Å²) >= 11 is 0. The lowest BCUT2D eigenvalue weighted by Crippen LogP contribution is -2.39.